The molecule has 0 saturated heterocycles. The lowest BCUT2D eigenvalue weighted by Gasteiger charge is -2.23. The van der Waals surface area contributed by atoms with Gasteiger partial charge in [0, 0.05) is 17.6 Å². The van der Waals surface area contributed by atoms with Crippen LogP contribution in [-0.2, 0) is 6.54 Å². The van der Waals surface area contributed by atoms with E-state index in [9.17, 15) is 0 Å². The second-order valence-corrected chi connectivity index (χ2v) is 4.44. The van der Waals surface area contributed by atoms with Crippen LogP contribution in [0.4, 0.5) is 0 Å². The normalized spacial score (nSPS) is 13.2. The van der Waals surface area contributed by atoms with Gasteiger partial charge >= 0.3 is 0 Å². The molecule has 1 N–H and O–H groups in total. The first-order valence-corrected chi connectivity index (χ1v) is 5.48. The molecule has 15 heavy (non-hydrogen) atoms. The molecule has 0 aliphatic rings. The van der Waals surface area contributed by atoms with Gasteiger partial charge in [-0.25, -0.2) is 0 Å². The molecule has 0 radical (unpaired) electrons. The standard InChI is InChI=1S/C12H18ClNO/c1-9-6-11(4-5-12(9)13)7-14(3)10(2)8-15/h4-6,10,15H,7-8H2,1-3H3. The molecule has 0 spiro atoms. The van der Waals surface area contributed by atoms with Gasteiger partial charge in [-0.3, -0.25) is 4.90 Å². The number of nitrogens with zero attached hydrogens (tertiary/aromatic N) is 1. The largest absolute Gasteiger partial charge is 0.395 e. The SMILES string of the molecule is Cc1cc(CN(C)C(C)CO)ccc1Cl. The predicted octanol–water partition coefficient (Wildman–Crippen LogP) is 2.46. The Hall–Kier alpha value is -0.570. The summed E-state index contributed by atoms with van der Waals surface area (Å²) in [5.41, 5.74) is 2.32. The van der Waals surface area contributed by atoms with Crippen LogP contribution >= 0.6 is 11.6 Å². The minimum absolute atomic E-state index is 0.181. The number of likely N-dealkylation sites (N-methyl/N-ethyl adjacent to an activating group) is 1. The zero-order valence-corrected chi connectivity index (χ0v) is 10.3. The van der Waals surface area contributed by atoms with Crippen molar-refractivity contribution in [3.8, 4) is 0 Å². The topological polar surface area (TPSA) is 23.5 Å². The number of aliphatic hydroxyl groups is 1. The Morgan fingerprint density at radius 3 is 2.67 bits per heavy atom. The third-order valence-electron chi connectivity index (χ3n) is 2.67. The van der Waals surface area contributed by atoms with Crippen molar-refractivity contribution in [3.63, 3.8) is 0 Å². The molecule has 84 valence electrons. The fourth-order valence-corrected chi connectivity index (χ4v) is 1.51. The fraction of sp³-hybridized carbons (Fsp3) is 0.500. The summed E-state index contributed by atoms with van der Waals surface area (Å²) in [4.78, 5) is 2.11. The summed E-state index contributed by atoms with van der Waals surface area (Å²) in [5.74, 6) is 0. The second-order valence-electron chi connectivity index (χ2n) is 4.03. The van der Waals surface area contributed by atoms with E-state index >= 15 is 0 Å². The predicted molar refractivity (Wildman–Crippen MR) is 64.2 cm³/mol. The molecule has 0 amide bonds. The highest BCUT2D eigenvalue weighted by Gasteiger charge is 2.08. The molecule has 1 unspecified atom stereocenters. The summed E-state index contributed by atoms with van der Waals surface area (Å²) < 4.78 is 0. The molecule has 0 aliphatic heterocycles. The van der Waals surface area contributed by atoms with Gasteiger partial charge in [0.15, 0.2) is 0 Å². The zero-order valence-electron chi connectivity index (χ0n) is 9.50. The first kappa shape index (κ1) is 12.5. The van der Waals surface area contributed by atoms with Crippen LogP contribution in [0.25, 0.3) is 0 Å². The summed E-state index contributed by atoms with van der Waals surface area (Å²) in [6.45, 7) is 5.02. The number of halogens is 1. The Morgan fingerprint density at radius 1 is 1.47 bits per heavy atom. The monoisotopic (exact) mass is 227 g/mol. The molecule has 1 aromatic carbocycles. The summed E-state index contributed by atoms with van der Waals surface area (Å²) in [6, 6.07) is 6.21. The third kappa shape index (κ3) is 3.49. The van der Waals surface area contributed by atoms with E-state index in [0.29, 0.717) is 0 Å². The Morgan fingerprint density at radius 2 is 2.13 bits per heavy atom. The Bertz CT molecular complexity index is 327. The van der Waals surface area contributed by atoms with Crippen LogP contribution in [0.1, 0.15) is 18.1 Å². The van der Waals surface area contributed by atoms with Crippen molar-refractivity contribution >= 4 is 11.6 Å². The van der Waals surface area contributed by atoms with Crippen LogP contribution in [0.15, 0.2) is 18.2 Å². The van der Waals surface area contributed by atoms with E-state index in [1.807, 2.05) is 33.0 Å². The molecule has 1 rings (SSSR count). The Balaban J connectivity index is 2.68. The molecule has 0 bridgehead atoms. The molecule has 3 heteroatoms. The van der Waals surface area contributed by atoms with Crippen molar-refractivity contribution in [1.29, 1.82) is 0 Å². The van der Waals surface area contributed by atoms with Gasteiger partial charge in [-0.2, -0.15) is 0 Å². The van der Waals surface area contributed by atoms with Crippen molar-refractivity contribution in [1.82, 2.24) is 4.90 Å². The number of hydrogen-bond donors (Lipinski definition) is 1. The summed E-state index contributed by atoms with van der Waals surface area (Å²) in [7, 11) is 2.00. The Labute approximate surface area is 96.5 Å². The average molecular weight is 228 g/mol. The summed E-state index contributed by atoms with van der Waals surface area (Å²) >= 11 is 5.95. The van der Waals surface area contributed by atoms with E-state index in [1.165, 1.54) is 5.56 Å². The molecular formula is C12H18ClNO. The van der Waals surface area contributed by atoms with Crippen LogP contribution in [0.2, 0.25) is 5.02 Å². The summed E-state index contributed by atoms with van der Waals surface area (Å²) in [6.07, 6.45) is 0. The van der Waals surface area contributed by atoms with Gasteiger partial charge in [0.1, 0.15) is 0 Å². The minimum Gasteiger partial charge on any atom is -0.395 e. The lowest BCUT2D eigenvalue weighted by atomic mass is 10.1. The molecule has 0 saturated carbocycles. The van der Waals surface area contributed by atoms with Crippen molar-refractivity contribution in [2.75, 3.05) is 13.7 Å². The maximum absolute atomic E-state index is 9.02. The number of rotatable bonds is 4. The van der Waals surface area contributed by atoms with Crippen LogP contribution < -0.4 is 0 Å². The number of benzene rings is 1. The van der Waals surface area contributed by atoms with Crippen molar-refractivity contribution in [2.24, 2.45) is 0 Å². The average Bonchev–Trinajstić information content (AvgIpc) is 2.22. The first-order valence-electron chi connectivity index (χ1n) is 5.10. The highest BCUT2D eigenvalue weighted by atomic mass is 35.5. The molecule has 0 aromatic heterocycles. The highest BCUT2D eigenvalue weighted by Crippen LogP contribution is 2.17. The van der Waals surface area contributed by atoms with Gasteiger partial charge < -0.3 is 5.11 Å². The van der Waals surface area contributed by atoms with Crippen LogP contribution in [0, 0.1) is 6.92 Å². The van der Waals surface area contributed by atoms with E-state index in [0.717, 1.165) is 17.1 Å². The van der Waals surface area contributed by atoms with Gasteiger partial charge in [-0.05, 0) is 38.1 Å². The van der Waals surface area contributed by atoms with E-state index in [1.54, 1.807) is 0 Å². The maximum atomic E-state index is 9.02. The summed E-state index contributed by atoms with van der Waals surface area (Å²) in [5, 5.41) is 9.82. The molecule has 1 aromatic rings. The van der Waals surface area contributed by atoms with E-state index in [-0.39, 0.29) is 12.6 Å². The first-order chi connectivity index (χ1) is 7.04. The fourth-order valence-electron chi connectivity index (χ4n) is 1.39. The van der Waals surface area contributed by atoms with Gasteiger partial charge in [0.2, 0.25) is 0 Å². The molecule has 0 aliphatic carbocycles. The number of aryl methyl sites for hydroxylation is 1. The molecule has 0 fully saturated rings. The van der Waals surface area contributed by atoms with Crippen LogP contribution in [0.3, 0.4) is 0 Å². The zero-order chi connectivity index (χ0) is 11.4. The van der Waals surface area contributed by atoms with E-state index < -0.39 is 0 Å². The molecule has 1 atom stereocenters. The second kappa shape index (κ2) is 5.50. The lowest BCUT2D eigenvalue weighted by molar-refractivity contribution is 0.154. The van der Waals surface area contributed by atoms with Crippen molar-refractivity contribution in [2.45, 2.75) is 26.4 Å². The number of aliphatic hydroxyl groups excluding tert-OH is 1. The number of hydrogen-bond acceptors (Lipinski definition) is 2. The van der Waals surface area contributed by atoms with E-state index in [4.69, 9.17) is 16.7 Å². The smallest absolute Gasteiger partial charge is 0.0584 e. The van der Waals surface area contributed by atoms with Crippen LogP contribution in [0.5, 0.6) is 0 Å². The quantitative estimate of drug-likeness (QED) is 0.854. The van der Waals surface area contributed by atoms with Gasteiger partial charge in [-0.1, -0.05) is 23.7 Å². The minimum atomic E-state index is 0.181. The molecule has 0 heterocycles. The third-order valence-corrected chi connectivity index (χ3v) is 3.10. The van der Waals surface area contributed by atoms with E-state index in [2.05, 4.69) is 11.0 Å². The Kier molecular flexibility index (Phi) is 4.58. The maximum Gasteiger partial charge on any atom is 0.0584 e. The molecule has 2 nitrogen and oxygen atoms in total. The highest BCUT2D eigenvalue weighted by molar-refractivity contribution is 6.31. The van der Waals surface area contributed by atoms with Crippen LogP contribution in [-0.4, -0.2) is 29.7 Å². The van der Waals surface area contributed by atoms with Gasteiger partial charge in [0.05, 0.1) is 6.61 Å². The van der Waals surface area contributed by atoms with Crippen molar-refractivity contribution in [3.05, 3.63) is 34.3 Å². The van der Waals surface area contributed by atoms with Gasteiger partial charge in [0.25, 0.3) is 0 Å². The van der Waals surface area contributed by atoms with Crippen molar-refractivity contribution < 1.29 is 5.11 Å². The lowest BCUT2D eigenvalue weighted by Crippen LogP contribution is -2.31. The molecular weight excluding hydrogens is 210 g/mol. The van der Waals surface area contributed by atoms with Gasteiger partial charge in [-0.15, -0.1) is 0 Å².